The third-order valence-corrected chi connectivity index (χ3v) is 2.64. The third-order valence-electron chi connectivity index (χ3n) is 2.64. The minimum Gasteiger partial charge on any atom is -0.329 e. The highest BCUT2D eigenvalue weighted by Crippen LogP contribution is 2.24. The summed E-state index contributed by atoms with van der Waals surface area (Å²) in [7, 11) is 0. The summed E-state index contributed by atoms with van der Waals surface area (Å²) in [5.74, 6) is 0. The predicted octanol–water partition coefficient (Wildman–Crippen LogP) is 3.54. The second-order valence-corrected chi connectivity index (χ2v) is 4.22. The van der Waals surface area contributed by atoms with Crippen LogP contribution in [0, 0.1) is 13.8 Å². The summed E-state index contributed by atoms with van der Waals surface area (Å²) in [6.07, 6.45) is 0.695. The molecule has 2 rings (SSSR count). The molecule has 1 N–H and O–H groups in total. The van der Waals surface area contributed by atoms with Gasteiger partial charge >= 0.3 is 0 Å². The number of nitrogens with one attached hydrogen (secondary N) is 1. The first-order valence-corrected chi connectivity index (χ1v) is 5.58. The van der Waals surface area contributed by atoms with Crippen LogP contribution in [-0.2, 0) is 4.79 Å². The summed E-state index contributed by atoms with van der Waals surface area (Å²) in [4.78, 5) is 10.4. The van der Waals surface area contributed by atoms with Crippen LogP contribution in [0.5, 0.6) is 0 Å². The van der Waals surface area contributed by atoms with Crippen LogP contribution in [0.1, 0.15) is 11.1 Å². The Morgan fingerprint density at radius 3 is 2.29 bits per heavy atom. The van der Waals surface area contributed by atoms with Gasteiger partial charge in [0.25, 0.3) is 0 Å². The first-order valence-electron chi connectivity index (χ1n) is 5.58. The molecule has 0 spiro atoms. The predicted molar refractivity (Wildman–Crippen MR) is 71.0 cm³/mol. The van der Waals surface area contributed by atoms with E-state index in [0.29, 0.717) is 6.41 Å². The maximum atomic E-state index is 10.4. The highest BCUT2D eigenvalue weighted by Gasteiger charge is 2.00. The molecule has 86 valence electrons. The van der Waals surface area contributed by atoms with Crippen molar-refractivity contribution in [2.45, 2.75) is 13.8 Å². The number of aryl methyl sites for hydroxylation is 2. The smallest absolute Gasteiger partial charge is 0.211 e. The van der Waals surface area contributed by atoms with Crippen molar-refractivity contribution in [1.82, 2.24) is 0 Å². The lowest BCUT2D eigenvalue weighted by Gasteiger charge is -2.07. The molecule has 2 aromatic carbocycles. The van der Waals surface area contributed by atoms with Gasteiger partial charge in [-0.05, 0) is 37.1 Å². The lowest BCUT2D eigenvalue weighted by molar-refractivity contribution is -0.105. The summed E-state index contributed by atoms with van der Waals surface area (Å²) in [5.41, 5.74) is 5.60. The molecule has 0 aliphatic carbocycles. The van der Waals surface area contributed by atoms with E-state index in [4.69, 9.17) is 0 Å². The molecule has 0 aliphatic heterocycles. The van der Waals surface area contributed by atoms with E-state index in [2.05, 4.69) is 37.4 Å². The van der Waals surface area contributed by atoms with Crippen LogP contribution in [0.25, 0.3) is 11.1 Å². The van der Waals surface area contributed by atoms with Crippen molar-refractivity contribution >= 4 is 12.1 Å². The van der Waals surface area contributed by atoms with Crippen LogP contribution < -0.4 is 5.32 Å². The average molecular weight is 225 g/mol. The molecule has 17 heavy (non-hydrogen) atoms. The van der Waals surface area contributed by atoms with Crippen LogP contribution in [0.3, 0.4) is 0 Å². The molecule has 0 saturated heterocycles. The van der Waals surface area contributed by atoms with Gasteiger partial charge < -0.3 is 5.32 Å². The van der Waals surface area contributed by atoms with E-state index in [-0.39, 0.29) is 0 Å². The van der Waals surface area contributed by atoms with Gasteiger partial charge in [-0.15, -0.1) is 0 Å². The molecule has 0 atom stereocenters. The average Bonchev–Trinajstić information content (AvgIpc) is 2.28. The third kappa shape index (κ3) is 2.72. The largest absolute Gasteiger partial charge is 0.329 e. The van der Waals surface area contributed by atoms with E-state index >= 15 is 0 Å². The maximum Gasteiger partial charge on any atom is 0.211 e. The topological polar surface area (TPSA) is 29.1 Å². The number of amides is 1. The molecule has 0 heterocycles. The summed E-state index contributed by atoms with van der Waals surface area (Å²) in [5, 5.41) is 2.67. The first kappa shape index (κ1) is 11.4. The van der Waals surface area contributed by atoms with Gasteiger partial charge in [0.15, 0.2) is 0 Å². The Bertz CT molecular complexity index is 526. The van der Waals surface area contributed by atoms with Crippen molar-refractivity contribution in [3.05, 3.63) is 53.6 Å². The number of rotatable bonds is 3. The molecular weight excluding hydrogens is 210 g/mol. The highest BCUT2D eigenvalue weighted by molar-refractivity contribution is 5.76. The number of carbonyl (C=O) groups excluding carboxylic acids is 1. The molecule has 0 radical (unpaired) electrons. The fourth-order valence-corrected chi connectivity index (χ4v) is 2.00. The molecule has 0 unspecified atom stereocenters. The quantitative estimate of drug-likeness (QED) is 0.795. The van der Waals surface area contributed by atoms with E-state index in [1.54, 1.807) is 0 Å². The highest BCUT2D eigenvalue weighted by atomic mass is 16.1. The van der Waals surface area contributed by atoms with Gasteiger partial charge in [0.1, 0.15) is 0 Å². The molecule has 2 heteroatoms. The van der Waals surface area contributed by atoms with Crippen LogP contribution in [0.2, 0.25) is 0 Å². The lowest BCUT2D eigenvalue weighted by atomic mass is 10.0. The minimum atomic E-state index is 0.695. The van der Waals surface area contributed by atoms with E-state index in [1.807, 2.05) is 24.3 Å². The first-order chi connectivity index (χ1) is 8.19. The van der Waals surface area contributed by atoms with Crippen molar-refractivity contribution in [3.63, 3.8) is 0 Å². The lowest BCUT2D eigenvalue weighted by Crippen LogP contribution is -1.93. The molecule has 0 saturated carbocycles. The zero-order valence-corrected chi connectivity index (χ0v) is 10.0. The molecule has 2 aromatic rings. The Morgan fingerprint density at radius 2 is 1.65 bits per heavy atom. The standard InChI is InChI=1S/C15H15NO/c1-11-6-12(2)8-14(7-11)13-4-3-5-15(9-13)16-10-17/h3-10H,1-2H3,(H,16,17). The molecule has 0 aromatic heterocycles. The van der Waals surface area contributed by atoms with Gasteiger partial charge in [-0.1, -0.05) is 41.5 Å². The van der Waals surface area contributed by atoms with Crippen LogP contribution in [0.4, 0.5) is 5.69 Å². The number of hydrogen-bond donors (Lipinski definition) is 1. The van der Waals surface area contributed by atoms with E-state index in [1.165, 1.54) is 16.7 Å². The number of anilines is 1. The summed E-state index contributed by atoms with van der Waals surface area (Å²) >= 11 is 0. The minimum absolute atomic E-state index is 0.695. The zero-order valence-electron chi connectivity index (χ0n) is 10.0. The molecule has 1 amide bonds. The Hall–Kier alpha value is -2.09. The molecule has 2 nitrogen and oxygen atoms in total. The normalized spacial score (nSPS) is 10.0. The van der Waals surface area contributed by atoms with Crippen molar-refractivity contribution in [1.29, 1.82) is 0 Å². The van der Waals surface area contributed by atoms with Crippen molar-refractivity contribution in [2.75, 3.05) is 5.32 Å². The number of carbonyl (C=O) groups is 1. The Morgan fingerprint density at radius 1 is 0.941 bits per heavy atom. The van der Waals surface area contributed by atoms with Gasteiger partial charge in [0.05, 0.1) is 0 Å². The molecular formula is C15H15NO. The van der Waals surface area contributed by atoms with Gasteiger partial charge in [0.2, 0.25) is 6.41 Å². The fourth-order valence-electron chi connectivity index (χ4n) is 2.00. The Kier molecular flexibility index (Phi) is 3.24. The second-order valence-electron chi connectivity index (χ2n) is 4.22. The summed E-state index contributed by atoms with van der Waals surface area (Å²) in [6, 6.07) is 14.3. The summed E-state index contributed by atoms with van der Waals surface area (Å²) < 4.78 is 0. The van der Waals surface area contributed by atoms with E-state index in [9.17, 15) is 4.79 Å². The van der Waals surface area contributed by atoms with Gasteiger partial charge in [0, 0.05) is 5.69 Å². The van der Waals surface area contributed by atoms with Gasteiger partial charge in [-0.3, -0.25) is 4.79 Å². The van der Waals surface area contributed by atoms with Crippen LogP contribution in [-0.4, -0.2) is 6.41 Å². The van der Waals surface area contributed by atoms with Gasteiger partial charge in [-0.25, -0.2) is 0 Å². The Balaban J connectivity index is 2.44. The number of benzene rings is 2. The monoisotopic (exact) mass is 225 g/mol. The SMILES string of the molecule is Cc1cc(C)cc(-c2cccc(NC=O)c2)c1. The van der Waals surface area contributed by atoms with Crippen molar-refractivity contribution < 1.29 is 4.79 Å². The summed E-state index contributed by atoms with van der Waals surface area (Å²) in [6.45, 7) is 4.17. The molecule has 0 fully saturated rings. The fraction of sp³-hybridized carbons (Fsp3) is 0.133. The Labute approximate surface area is 101 Å². The van der Waals surface area contributed by atoms with Gasteiger partial charge in [-0.2, -0.15) is 0 Å². The molecule has 0 aliphatic rings. The van der Waals surface area contributed by atoms with E-state index < -0.39 is 0 Å². The maximum absolute atomic E-state index is 10.4. The number of hydrogen-bond acceptors (Lipinski definition) is 1. The van der Waals surface area contributed by atoms with Crippen LogP contribution in [0.15, 0.2) is 42.5 Å². The second kappa shape index (κ2) is 4.83. The zero-order chi connectivity index (χ0) is 12.3. The molecule has 0 bridgehead atoms. The van der Waals surface area contributed by atoms with Crippen LogP contribution >= 0.6 is 0 Å². The van der Waals surface area contributed by atoms with E-state index in [0.717, 1.165) is 11.3 Å². The van der Waals surface area contributed by atoms with Crippen molar-refractivity contribution in [3.8, 4) is 11.1 Å². The van der Waals surface area contributed by atoms with Crippen molar-refractivity contribution in [2.24, 2.45) is 0 Å².